The molecule has 1 aromatic rings. The molecule has 6 nitrogen and oxygen atoms in total. The maximum Gasteiger partial charge on any atom is 0.312 e. The van der Waals surface area contributed by atoms with E-state index < -0.39 is 17.1 Å². The number of nitro groups is 1. The molecule has 19 heavy (non-hydrogen) atoms. The van der Waals surface area contributed by atoms with E-state index in [1.54, 1.807) is 0 Å². The van der Waals surface area contributed by atoms with Gasteiger partial charge in [0.15, 0.2) is 5.75 Å². The fraction of sp³-hybridized carbons (Fsp3) is 0.462. The normalized spacial score (nSPS) is 22.5. The predicted molar refractivity (Wildman–Crippen MR) is 66.7 cm³/mol. The fourth-order valence-electron chi connectivity index (χ4n) is 2.21. The maximum atomic E-state index is 11.0. The molecule has 1 aliphatic carbocycles. The Hall–Kier alpha value is -2.13. The van der Waals surface area contributed by atoms with E-state index in [1.807, 2.05) is 6.07 Å². The van der Waals surface area contributed by atoms with E-state index in [4.69, 9.17) is 10.00 Å². The summed E-state index contributed by atoms with van der Waals surface area (Å²) < 4.78 is 5.56. The lowest BCUT2D eigenvalue weighted by molar-refractivity contribution is -0.386. The minimum atomic E-state index is -0.594. The van der Waals surface area contributed by atoms with E-state index in [2.05, 4.69) is 0 Å². The zero-order valence-electron chi connectivity index (χ0n) is 10.3. The highest BCUT2D eigenvalue weighted by Gasteiger charge is 2.27. The smallest absolute Gasteiger partial charge is 0.312 e. The molecule has 1 fully saturated rings. The minimum Gasteiger partial charge on any atom is -0.481 e. The molecule has 6 heteroatoms. The summed E-state index contributed by atoms with van der Waals surface area (Å²) in [5, 5.41) is 29.5. The van der Waals surface area contributed by atoms with Crippen molar-refractivity contribution in [2.45, 2.75) is 37.9 Å². The van der Waals surface area contributed by atoms with Crippen molar-refractivity contribution in [3.8, 4) is 11.8 Å². The van der Waals surface area contributed by atoms with Gasteiger partial charge in [0.05, 0.1) is 22.7 Å². The number of aliphatic hydroxyl groups is 1. The summed E-state index contributed by atoms with van der Waals surface area (Å²) >= 11 is 0. The highest BCUT2D eigenvalue weighted by atomic mass is 16.6. The molecule has 1 aromatic carbocycles. The van der Waals surface area contributed by atoms with E-state index in [9.17, 15) is 15.2 Å². The number of aliphatic hydroxyl groups excluding tert-OH is 1. The van der Waals surface area contributed by atoms with Gasteiger partial charge in [-0.05, 0) is 31.4 Å². The van der Waals surface area contributed by atoms with Crippen LogP contribution in [0.5, 0.6) is 5.75 Å². The van der Waals surface area contributed by atoms with Gasteiger partial charge in [0.2, 0.25) is 0 Å². The molecule has 2 rings (SSSR count). The van der Waals surface area contributed by atoms with Gasteiger partial charge in [-0.3, -0.25) is 10.1 Å². The standard InChI is InChI=1S/C13H14N2O4/c14-8-9-5-6-12(10(7-9)15(17)18)19-13-4-2-1-3-11(13)16/h5-7,11,13,16H,1-4H2/t11-,13-/m1/s1. The lowest BCUT2D eigenvalue weighted by Gasteiger charge is -2.27. The van der Waals surface area contributed by atoms with Crippen molar-refractivity contribution < 1.29 is 14.8 Å². The molecule has 0 amide bonds. The molecule has 0 aromatic heterocycles. The average Bonchev–Trinajstić information content (AvgIpc) is 2.41. The topological polar surface area (TPSA) is 96.4 Å². The summed E-state index contributed by atoms with van der Waals surface area (Å²) in [6.45, 7) is 0. The highest BCUT2D eigenvalue weighted by molar-refractivity contribution is 5.51. The van der Waals surface area contributed by atoms with E-state index >= 15 is 0 Å². The van der Waals surface area contributed by atoms with Crippen LogP contribution in [0.1, 0.15) is 31.2 Å². The molecule has 0 spiro atoms. The van der Waals surface area contributed by atoms with Crippen LogP contribution in [0.2, 0.25) is 0 Å². The van der Waals surface area contributed by atoms with E-state index in [0.717, 1.165) is 12.8 Å². The molecular weight excluding hydrogens is 248 g/mol. The SMILES string of the molecule is N#Cc1ccc(O[C@@H]2CCCC[C@H]2O)c([N+](=O)[O-])c1. The number of hydrogen-bond acceptors (Lipinski definition) is 5. The lowest BCUT2D eigenvalue weighted by atomic mass is 9.95. The van der Waals surface area contributed by atoms with Gasteiger partial charge in [-0.2, -0.15) is 5.26 Å². The van der Waals surface area contributed by atoms with Crippen molar-refractivity contribution in [1.82, 2.24) is 0 Å². The van der Waals surface area contributed by atoms with Gasteiger partial charge in [-0.1, -0.05) is 6.42 Å². The Labute approximate surface area is 110 Å². The van der Waals surface area contributed by atoms with Crippen LogP contribution in [0, 0.1) is 21.4 Å². The second-order valence-electron chi connectivity index (χ2n) is 4.56. The number of ether oxygens (including phenoxy) is 1. The molecule has 0 unspecified atom stereocenters. The quantitative estimate of drug-likeness (QED) is 0.665. The van der Waals surface area contributed by atoms with Gasteiger partial charge in [0.25, 0.3) is 0 Å². The number of rotatable bonds is 3. The van der Waals surface area contributed by atoms with Crippen molar-refractivity contribution in [3.63, 3.8) is 0 Å². The first kappa shape index (κ1) is 13.3. The van der Waals surface area contributed by atoms with Crippen molar-refractivity contribution >= 4 is 5.69 Å². The number of hydrogen-bond donors (Lipinski definition) is 1. The average molecular weight is 262 g/mol. The zero-order chi connectivity index (χ0) is 13.8. The van der Waals surface area contributed by atoms with Crippen LogP contribution in [-0.2, 0) is 0 Å². The van der Waals surface area contributed by atoms with Crippen LogP contribution in [0.3, 0.4) is 0 Å². The van der Waals surface area contributed by atoms with Gasteiger partial charge in [-0.15, -0.1) is 0 Å². The van der Waals surface area contributed by atoms with Crippen molar-refractivity contribution in [1.29, 1.82) is 5.26 Å². The molecule has 0 aliphatic heterocycles. The Balaban J connectivity index is 2.24. The van der Waals surface area contributed by atoms with Crippen LogP contribution in [0.15, 0.2) is 18.2 Å². The van der Waals surface area contributed by atoms with Crippen LogP contribution >= 0.6 is 0 Å². The molecule has 100 valence electrons. The maximum absolute atomic E-state index is 11.0. The van der Waals surface area contributed by atoms with Gasteiger partial charge in [0.1, 0.15) is 6.10 Å². The summed E-state index contributed by atoms with van der Waals surface area (Å²) in [5.41, 5.74) is -0.0277. The zero-order valence-corrected chi connectivity index (χ0v) is 10.3. The molecule has 2 atom stereocenters. The van der Waals surface area contributed by atoms with Crippen molar-refractivity contribution in [2.24, 2.45) is 0 Å². The third-order valence-corrected chi connectivity index (χ3v) is 3.23. The molecule has 0 saturated heterocycles. The second kappa shape index (κ2) is 5.67. The Bertz CT molecular complexity index is 524. The monoisotopic (exact) mass is 262 g/mol. The van der Waals surface area contributed by atoms with Crippen molar-refractivity contribution in [2.75, 3.05) is 0 Å². The third-order valence-electron chi connectivity index (χ3n) is 3.23. The minimum absolute atomic E-state index is 0.106. The number of nitro benzene ring substituents is 1. The van der Waals surface area contributed by atoms with Gasteiger partial charge < -0.3 is 9.84 Å². The summed E-state index contributed by atoms with van der Waals surface area (Å²) in [7, 11) is 0. The Morgan fingerprint density at radius 3 is 2.79 bits per heavy atom. The Morgan fingerprint density at radius 2 is 2.16 bits per heavy atom. The second-order valence-corrected chi connectivity index (χ2v) is 4.56. The highest BCUT2D eigenvalue weighted by Crippen LogP contribution is 2.31. The summed E-state index contributed by atoms with van der Waals surface area (Å²) in [4.78, 5) is 10.4. The molecule has 1 aliphatic rings. The predicted octanol–water partition coefficient (Wildman–Crippen LogP) is 2.15. The summed E-state index contributed by atoms with van der Waals surface area (Å²) in [6, 6.07) is 5.92. The largest absolute Gasteiger partial charge is 0.481 e. The van der Waals surface area contributed by atoms with E-state index in [-0.39, 0.29) is 17.0 Å². The molecule has 0 heterocycles. The first-order valence-electron chi connectivity index (χ1n) is 6.15. The van der Waals surface area contributed by atoms with Crippen LogP contribution < -0.4 is 4.74 Å². The molecule has 0 radical (unpaired) electrons. The van der Waals surface area contributed by atoms with Crippen molar-refractivity contribution in [3.05, 3.63) is 33.9 Å². The molecular formula is C13H14N2O4. The fourth-order valence-corrected chi connectivity index (χ4v) is 2.21. The Morgan fingerprint density at radius 1 is 1.42 bits per heavy atom. The first-order valence-corrected chi connectivity index (χ1v) is 6.15. The number of benzene rings is 1. The van der Waals surface area contributed by atoms with Crippen LogP contribution in [0.4, 0.5) is 5.69 Å². The van der Waals surface area contributed by atoms with Crippen LogP contribution in [0.25, 0.3) is 0 Å². The molecule has 1 N–H and O–H groups in total. The van der Waals surface area contributed by atoms with Crippen LogP contribution in [-0.4, -0.2) is 22.2 Å². The Kier molecular flexibility index (Phi) is 3.97. The lowest BCUT2D eigenvalue weighted by Crippen LogP contribution is -2.34. The third kappa shape index (κ3) is 3.01. The van der Waals surface area contributed by atoms with Gasteiger partial charge in [0, 0.05) is 6.07 Å². The molecule has 1 saturated carbocycles. The number of nitriles is 1. The number of nitrogens with zero attached hydrogens (tertiary/aromatic N) is 2. The molecule has 0 bridgehead atoms. The summed E-state index contributed by atoms with van der Waals surface area (Å²) in [5.74, 6) is 0.106. The van der Waals surface area contributed by atoms with Gasteiger partial charge >= 0.3 is 5.69 Å². The van der Waals surface area contributed by atoms with E-state index in [1.165, 1.54) is 18.2 Å². The summed E-state index contributed by atoms with van der Waals surface area (Å²) in [6.07, 6.45) is 2.19. The first-order chi connectivity index (χ1) is 9.11. The van der Waals surface area contributed by atoms with E-state index in [0.29, 0.717) is 12.8 Å². The van der Waals surface area contributed by atoms with Gasteiger partial charge in [-0.25, -0.2) is 0 Å².